The van der Waals surface area contributed by atoms with E-state index in [0.717, 1.165) is 16.8 Å². The molecule has 28 heavy (non-hydrogen) atoms. The fraction of sp³-hybridized carbons (Fsp3) is 0.435. The van der Waals surface area contributed by atoms with Gasteiger partial charge < -0.3 is 5.11 Å². The third-order valence-corrected chi connectivity index (χ3v) is 4.52. The molecule has 2 aromatic rings. The molecule has 0 aromatic heterocycles. The molecule has 2 aromatic carbocycles. The van der Waals surface area contributed by atoms with Crippen molar-refractivity contribution in [2.75, 3.05) is 0 Å². The van der Waals surface area contributed by atoms with Crippen LogP contribution in [0.2, 0.25) is 0 Å². The van der Waals surface area contributed by atoms with Crippen LogP contribution in [0.5, 0.6) is 5.75 Å². The summed E-state index contributed by atoms with van der Waals surface area (Å²) in [5, 5.41) is 10.6. The van der Waals surface area contributed by atoms with Gasteiger partial charge in [0.25, 0.3) is 0 Å². The van der Waals surface area contributed by atoms with Gasteiger partial charge in [-0.3, -0.25) is 4.99 Å². The summed E-state index contributed by atoms with van der Waals surface area (Å²) in [5.41, 5.74) is 5.13. The zero-order chi connectivity index (χ0) is 21.5. The van der Waals surface area contributed by atoms with E-state index in [1.165, 1.54) is 11.1 Å². The predicted molar refractivity (Wildman–Crippen MR) is 120 cm³/mol. The molecule has 0 bridgehead atoms. The van der Waals surface area contributed by atoms with Crippen molar-refractivity contribution < 1.29 is 26.0 Å². The first-order valence-electron chi connectivity index (χ1n) is 9.48. The Kier molecular flexibility index (Phi) is 10.5. The molecule has 0 fully saturated rings. The molecule has 0 atom stereocenters. The molecular weight excluding hydrogens is 468 g/mol. The van der Waals surface area contributed by atoms with E-state index in [0.29, 0.717) is 17.6 Å². The van der Waals surface area contributed by atoms with E-state index >= 15 is 0 Å². The summed E-state index contributed by atoms with van der Waals surface area (Å²) in [7, 11) is 9.87. The quantitative estimate of drug-likeness (QED) is 0.424. The van der Waals surface area contributed by atoms with Crippen molar-refractivity contribution in [3.63, 3.8) is 0 Å². The Morgan fingerprint density at radius 1 is 0.964 bits per heavy atom. The second-order valence-corrected chi connectivity index (χ2v) is 12.2. The summed E-state index contributed by atoms with van der Waals surface area (Å²) in [5.74, 6) is 1.25. The Bertz CT molecular complexity index is 769. The molecule has 2 rings (SSSR count). The topological polar surface area (TPSA) is 32.6 Å². The van der Waals surface area contributed by atoms with Gasteiger partial charge in [0, 0.05) is 11.8 Å². The van der Waals surface area contributed by atoms with Crippen LogP contribution in [0.25, 0.3) is 0 Å². The minimum absolute atomic E-state index is 0.101. The van der Waals surface area contributed by atoms with Crippen LogP contribution in [0.1, 0.15) is 82.6 Å². The Morgan fingerprint density at radius 3 is 1.89 bits per heavy atom. The van der Waals surface area contributed by atoms with E-state index in [9.17, 15) is 5.11 Å². The van der Waals surface area contributed by atoms with Gasteiger partial charge in [0.15, 0.2) is 0 Å². The first kappa shape index (κ1) is 25.4. The number of hydrogen-bond acceptors (Lipinski definition) is 2. The molecule has 2 nitrogen and oxygen atoms in total. The molecule has 0 saturated heterocycles. The van der Waals surface area contributed by atoms with Crippen LogP contribution in [0, 0.1) is 0 Å². The maximum absolute atomic E-state index is 10.6. The Balaban J connectivity index is 0.00000122. The first-order chi connectivity index (χ1) is 13.0. The number of aliphatic imine (C=N–C) groups is 1. The summed E-state index contributed by atoms with van der Waals surface area (Å²) in [6, 6.07) is 12.4. The van der Waals surface area contributed by atoms with Crippen molar-refractivity contribution in [3.05, 3.63) is 58.7 Å². The molecule has 152 valence electrons. The second kappa shape index (κ2) is 11.5. The number of rotatable bonds is 4. The summed E-state index contributed by atoms with van der Waals surface area (Å²) in [4.78, 5) is 4.66. The molecule has 0 aliphatic carbocycles. The first-order valence-corrected chi connectivity index (χ1v) is 15.8. The molecule has 0 aliphatic heterocycles. The standard InChI is InChI=1S/C23H31NO.2ClH.Zr/c1-15(2)18-11-19(16(3)4)13-20(12-18)24-14-17-9-8-10-21(22(17)25)23(5,6)7;;;/h8-16,25H,1-7H3;2*1H;/q;;;+2/p-2. The summed E-state index contributed by atoms with van der Waals surface area (Å²) >= 11 is -0.826. The summed E-state index contributed by atoms with van der Waals surface area (Å²) < 4.78 is 0. The monoisotopic (exact) mass is 497 g/mol. The molecule has 0 amide bonds. The van der Waals surface area contributed by atoms with E-state index in [-0.39, 0.29) is 5.41 Å². The number of benzene rings is 2. The molecule has 0 aliphatic rings. The van der Waals surface area contributed by atoms with E-state index < -0.39 is 20.8 Å². The Morgan fingerprint density at radius 2 is 1.46 bits per heavy atom. The zero-order valence-corrected chi connectivity index (χ0v) is 21.8. The fourth-order valence-electron chi connectivity index (χ4n) is 2.82. The van der Waals surface area contributed by atoms with Crippen molar-refractivity contribution in [3.8, 4) is 5.75 Å². The third-order valence-electron chi connectivity index (χ3n) is 4.52. The van der Waals surface area contributed by atoms with Crippen molar-refractivity contribution >= 4 is 28.9 Å². The van der Waals surface area contributed by atoms with Gasteiger partial charge in [-0.25, -0.2) is 0 Å². The van der Waals surface area contributed by atoms with Crippen molar-refractivity contribution in [2.24, 2.45) is 4.99 Å². The molecule has 5 heteroatoms. The van der Waals surface area contributed by atoms with Crippen LogP contribution in [-0.4, -0.2) is 11.3 Å². The van der Waals surface area contributed by atoms with Gasteiger partial charge in [0.05, 0.1) is 5.69 Å². The van der Waals surface area contributed by atoms with Gasteiger partial charge in [-0.15, -0.1) is 0 Å². The van der Waals surface area contributed by atoms with Crippen LogP contribution in [0.15, 0.2) is 41.4 Å². The normalized spacial score (nSPS) is 11.7. The SMILES string of the molecule is CC(C)c1cc(N=Cc2cccc(C(C)(C)C)c2O)cc(C(C)C)c1.[Cl][Zr][Cl]. The molecule has 1 N–H and O–H groups in total. The summed E-state index contributed by atoms with van der Waals surface area (Å²) in [6.07, 6.45) is 1.77. The Labute approximate surface area is 189 Å². The number of hydrogen-bond donors (Lipinski definition) is 1. The van der Waals surface area contributed by atoms with Gasteiger partial charge in [-0.1, -0.05) is 66.7 Å². The third kappa shape index (κ3) is 7.66. The summed E-state index contributed by atoms with van der Waals surface area (Å²) in [6.45, 7) is 15.1. The molecule has 0 heterocycles. The average molecular weight is 500 g/mol. The Hall–Kier alpha value is -0.627. The number of aromatic hydroxyl groups is 1. The van der Waals surface area contributed by atoms with E-state index in [1.807, 2.05) is 18.2 Å². The van der Waals surface area contributed by atoms with Gasteiger partial charge >= 0.3 is 37.9 Å². The number of nitrogens with zero attached hydrogens (tertiary/aromatic N) is 1. The van der Waals surface area contributed by atoms with E-state index in [1.54, 1.807) is 6.21 Å². The average Bonchev–Trinajstić information content (AvgIpc) is 2.60. The maximum atomic E-state index is 10.6. The van der Waals surface area contributed by atoms with Gasteiger partial charge in [-0.2, -0.15) is 0 Å². The van der Waals surface area contributed by atoms with E-state index in [2.05, 4.69) is 71.7 Å². The van der Waals surface area contributed by atoms with Crippen LogP contribution >= 0.6 is 17.0 Å². The number of phenolic OH excluding ortho intramolecular Hbond substituents is 1. The van der Waals surface area contributed by atoms with E-state index in [4.69, 9.17) is 17.0 Å². The van der Waals surface area contributed by atoms with Crippen LogP contribution in [0.3, 0.4) is 0 Å². The van der Waals surface area contributed by atoms with Crippen LogP contribution in [-0.2, 0) is 26.3 Å². The van der Waals surface area contributed by atoms with Crippen LogP contribution < -0.4 is 0 Å². The van der Waals surface area contributed by atoms with Gasteiger partial charge in [0.1, 0.15) is 5.75 Å². The predicted octanol–water partition coefficient (Wildman–Crippen LogP) is 8.06. The zero-order valence-electron chi connectivity index (χ0n) is 17.8. The number of phenols is 1. The molecule has 0 spiro atoms. The van der Waals surface area contributed by atoms with Crippen molar-refractivity contribution in [1.29, 1.82) is 0 Å². The fourth-order valence-corrected chi connectivity index (χ4v) is 2.82. The van der Waals surface area contributed by atoms with Crippen molar-refractivity contribution in [1.82, 2.24) is 0 Å². The molecular formula is C23H31Cl2NOZr. The van der Waals surface area contributed by atoms with Crippen molar-refractivity contribution in [2.45, 2.75) is 65.7 Å². The molecule has 0 unspecified atom stereocenters. The molecule has 0 radical (unpaired) electrons. The minimum atomic E-state index is -0.826. The van der Waals surface area contributed by atoms with Crippen LogP contribution in [0.4, 0.5) is 5.69 Å². The second-order valence-electron chi connectivity index (χ2n) is 8.49. The number of halogens is 2. The number of para-hydroxylation sites is 1. The molecule has 0 saturated carbocycles. The van der Waals surface area contributed by atoms with Gasteiger partial charge in [0.2, 0.25) is 0 Å². The van der Waals surface area contributed by atoms with Gasteiger partial charge in [-0.05, 0) is 52.1 Å².